The Hall–Kier alpha value is -6.58. The average molecular weight is 627 g/mol. The Bertz CT molecular complexity index is 3040. The number of hydrogen-bond acceptors (Lipinski definition) is 3. The zero-order valence-electron chi connectivity index (χ0n) is 26.2. The maximum absolute atomic E-state index is 6.77. The van der Waals surface area contributed by atoms with Gasteiger partial charge >= 0.3 is 0 Å². The Kier molecular flexibility index (Phi) is 5.38. The summed E-state index contributed by atoms with van der Waals surface area (Å²) in [6, 6.07) is 53.6. The second-order valence-electron chi connectivity index (χ2n) is 12.8. The lowest BCUT2D eigenvalue weighted by Gasteiger charge is -2.17. The van der Waals surface area contributed by atoms with Gasteiger partial charge in [-0.05, 0) is 91.8 Å². The van der Waals surface area contributed by atoms with Gasteiger partial charge in [0.2, 0.25) is 0 Å². The molecule has 49 heavy (non-hydrogen) atoms. The Balaban J connectivity index is 1.16. The molecule has 0 amide bonds. The quantitative estimate of drug-likeness (QED) is 0.183. The van der Waals surface area contributed by atoms with Crippen molar-refractivity contribution in [3.8, 4) is 33.4 Å². The molecule has 228 valence electrons. The third kappa shape index (κ3) is 3.78. The van der Waals surface area contributed by atoms with Crippen LogP contribution in [-0.4, -0.2) is 0 Å². The molecule has 11 rings (SSSR count). The van der Waals surface area contributed by atoms with Crippen molar-refractivity contribution in [2.75, 3.05) is 0 Å². The molecule has 0 aliphatic carbocycles. The van der Waals surface area contributed by atoms with Crippen LogP contribution in [-0.2, 0) is 0 Å². The summed E-state index contributed by atoms with van der Waals surface area (Å²) in [6.07, 6.45) is 1.84. The summed E-state index contributed by atoms with van der Waals surface area (Å²) in [5, 5.41) is 10.3. The first-order chi connectivity index (χ1) is 24.3. The molecule has 0 aliphatic heterocycles. The number of hydrogen-bond donors (Lipinski definition) is 0. The van der Waals surface area contributed by atoms with E-state index in [-0.39, 0.29) is 0 Å². The monoisotopic (exact) mass is 626 g/mol. The minimum Gasteiger partial charge on any atom is -0.464 e. The first-order valence-electron chi connectivity index (χ1n) is 16.6. The third-order valence-electron chi connectivity index (χ3n) is 10.1. The lowest BCUT2D eigenvalue weighted by Crippen LogP contribution is -1.90. The SMILES string of the molecule is c1ccc(-c2coc3ccc4c5ccc(-c6c7ccccc7c(-c7ccc8oc9ccccc9c8c7)c7ccccc67)cc5oc4c23)cc1. The molecular weight excluding hydrogens is 601 g/mol. The fourth-order valence-corrected chi connectivity index (χ4v) is 7.97. The molecule has 8 aromatic carbocycles. The van der Waals surface area contributed by atoms with Gasteiger partial charge in [-0.2, -0.15) is 0 Å². The number of para-hydroxylation sites is 1. The van der Waals surface area contributed by atoms with Crippen LogP contribution in [0.25, 0.3) is 110 Å². The number of fused-ring (bicyclic) bond motifs is 10. The van der Waals surface area contributed by atoms with Crippen molar-refractivity contribution < 1.29 is 13.3 Å². The molecule has 0 atom stereocenters. The van der Waals surface area contributed by atoms with Gasteiger partial charge in [-0.25, -0.2) is 0 Å². The minimum atomic E-state index is 0.819. The zero-order valence-corrected chi connectivity index (χ0v) is 26.2. The van der Waals surface area contributed by atoms with Gasteiger partial charge in [-0.1, -0.05) is 109 Å². The van der Waals surface area contributed by atoms with Gasteiger partial charge in [0.25, 0.3) is 0 Å². The lowest BCUT2D eigenvalue weighted by atomic mass is 9.85. The number of furan rings is 3. The standard InChI is InChI=1S/C46H26O3/c1-2-10-27(11-3-1)38-26-47-41-23-21-36-31-20-18-29(25-42(31)49-46(36)45(38)41)44-34-15-6-4-13-32(34)43(33-14-5-7-16-35(33)44)28-19-22-40-37(24-28)30-12-8-9-17-39(30)48-40/h1-26H. The van der Waals surface area contributed by atoms with Crippen molar-refractivity contribution in [1.29, 1.82) is 0 Å². The Morgan fingerprint density at radius 2 is 0.878 bits per heavy atom. The second kappa shape index (κ2) is 9.96. The summed E-state index contributed by atoms with van der Waals surface area (Å²) in [5.41, 5.74) is 11.2. The lowest BCUT2D eigenvalue weighted by molar-refractivity contribution is 0.616. The maximum atomic E-state index is 6.77. The third-order valence-corrected chi connectivity index (χ3v) is 10.1. The molecule has 0 radical (unpaired) electrons. The second-order valence-corrected chi connectivity index (χ2v) is 12.8. The fraction of sp³-hybridized carbons (Fsp3) is 0. The van der Waals surface area contributed by atoms with Crippen LogP contribution in [0.1, 0.15) is 0 Å². The van der Waals surface area contributed by atoms with E-state index in [0.717, 1.165) is 71.5 Å². The molecular formula is C46H26O3. The molecule has 3 heterocycles. The van der Waals surface area contributed by atoms with Crippen LogP contribution < -0.4 is 0 Å². The van der Waals surface area contributed by atoms with E-state index in [4.69, 9.17) is 13.3 Å². The van der Waals surface area contributed by atoms with E-state index < -0.39 is 0 Å². The summed E-state index contributed by atoms with van der Waals surface area (Å²) in [6.45, 7) is 0. The van der Waals surface area contributed by atoms with Gasteiger partial charge in [0.15, 0.2) is 0 Å². The van der Waals surface area contributed by atoms with Crippen molar-refractivity contribution >= 4 is 76.4 Å². The van der Waals surface area contributed by atoms with Crippen LogP contribution in [0.5, 0.6) is 0 Å². The molecule has 0 bridgehead atoms. The molecule has 0 unspecified atom stereocenters. The van der Waals surface area contributed by atoms with E-state index in [2.05, 4.69) is 133 Å². The van der Waals surface area contributed by atoms with Gasteiger partial charge in [0.1, 0.15) is 27.9 Å². The molecule has 0 fully saturated rings. The smallest absolute Gasteiger partial charge is 0.147 e. The molecule has 0 spiro atoms. The van der Waals surface area contributed by atoms with Crippen LogP contribution >= 0.6 is 0 Å². The molecule has 3 aromatic heterocycles. The Labute approximate surface area is 280 Å². The van der Waals surface area contributed by atoms with Crippen molar-refractivity contribution in [2.24, 2.45) is 0 Å². The average Bonchev–Trinajstić information content (AvgIpc) is 3.87. The number of benzene rings is 8. The van der Waals surface area contributed by atoms with E-state index in [9.17, 15) is 0 Å². The van der Waals surface area contributed by atoms with Crippen molar-refractivity contribution in [1.82, 2.24) is 0 Å². The highest BCUT2D eigenvalue weighted by Crippen LogP contribution is 2.46. The van der Waals surface area contributed by atoms with Crippen LogP contribution in [0, 0.1) is 0 Å². The van der Waals surface area contributed by atoms with Crippen LogP contribution in [0.3, 0.4) is 0 Å². The van der Waals surface area contributed by atoms with Gasteiger partial charge in [0, 0.05) is 27.1 Å². The van der Waals surface area contributed by atoms with Gasteiger partial charge in [0.05, 0.1) is 11.6 Å². The van der Waals surface area contributed by atoms with Gasteiger partial charge < -0.3 is 13.3 Å². The molecule has 0 aliphatic rings. The van der Waals surface area contributed by atoms with Gasteiger partial charge in [-0.3, -0.25) is 0 Å². The highest BCUT2D eigenvalue weighted by Gasteiger charge is 2.20. The topological polar surface area (TPSA) is 39.4 Å². The molecule has 3 nitrogen and oxygen atoms in total. The summed E-state index contributed by atoms with van der Waals surface area (Å²) in [4.78, 5) is 0. The van der Waals surface area contributed by atoms with E-state index in [1.807, 2.05) is 24.5 Å². The minimum absolute atomic E-state index is 0.819. The van der Waals surface area contributed by atoms with Crippen molar-refractivity contribution in [3.63, 3.8) is 0 Å². The highest BCUT2D eigenvalue weighted by atomic mass is 16.3. The summed E-state index contributed by atoms with van der Waals surface area (Å²) in [5.74, 6) is 0. The molecule has 0 N–H and O–H groups in total. The fourth-order valence-electron chi connectivity index (χ4n) is 7.97. The van der Waals surface area contributed by atoms with Crippen LogP contribution in [0.2, 0.25) is 0 Å². The van der Waals surface area contributed by atoms with Crippen LogP contribution in [0.15, 0.2) is 171 Å². The molecule has 0 saturated carbocycles. The van der Waals surface area contributed by atoms with E-state index in [0.29, 0.717) is 0 Å². The summed E-state index contributed by atoms with van der Waals surface area (Å²) < 4.78 is 19.0. The highest BCUT2D eigenvalue weighted by molar-refractivity contribution is 6.23. The first kappa shape index (κ1) is 26.5. The Morgan fingerprint density at radius 3 is 1.61 bits per heavy atom. The number of rotatable bonds is 3. The van der Waals surface area contributed by atoms with E-state index in [1.54, 1.807) is 0 Å². The van der Waals surface area contributed by atoms with E-state index in [1.165, 1.54) is 38.2 Å². The van der Waals surface area contributed by atoms with E-state index >= 15 is 0 Å². The Morgan fingerprint density at radius 1 is 0.327 bits per heavy atom. The maximum Gasteiger partial charge on any atom is 0.147 e. The largest absolute Gasteiger partial charge is 0.464 e. The van der Waals surface area contributed by atoms with Crippen LogP contribution in [0.4, 0.5) is 0 Å². The predicted octanol–water partition coefficient (Wildman–Crippen LogP) is 13.5. The van der Waals surface area contributed by atoms with Crippen molar-refractivity contribution in [3.05, 3.63) is 158 Å². The molecule has 0 saturated heterocycles. The summed E-state index contributed by atoms with van der Waals surface area (Å²) in [7, 11) is 0. The predicted molar refractivity (Wildman–Crippen MR) is 202 cm³/mol. The van der Waals surface area contributed by atoms with Crippen molar-refractivity contribution in [2.45, 2.75) is 0 Å². The molecule has 11 aromatic rings. The molecule has 3 heteroatoms. The first-order valence-corrected chi connectivity index (χ1v) is 16.6. The van der Waals surface area contributed by atoms with Gasteiger partial charge in [-0.15, -0.1) is 0 Å². The summed E-state index contributed by atoms with van der Waals surface area (Å²) >= 11 is 0. The zero-order chi connectivity index (χ0) is 32.1. The normalized spacial score (nSPS) is 12.1.